The number of carbonyl (C=O) groups is 2. The quantitative estimate of drug-likeness (QED) is 0.803. The van der Waals surface area contributed by atoms with Gasteiger partial charge < -0.3 is 10.2 Å². The van der Waals surface area contributed by atoms with Crippen molar-refractivity contribution in [2.45, 2.75) is 31.9 Å². The Morgan fingerprint density at radius 2 is 2.25 bits per heavy atom. The van der Waals surface area contributed by atoms with Crippen molar-refractivity contribution >= 4 is 35.2 Å². The van der Waals surface area contributed by atoms with Crippen LogP contribution in [0.4, 0.5) is 0 Å². The third kappa shape index (κ3) is 6.02. The normalized spacial score (nSPS) is 17.6. The molecular formula is C18H25ClN2O2S. The molecule has 2 amide bonds. The van der Waals surface area contributed by atoms with E-state index in [2.05, 4.69) is 5.32 Å². The number of likely N-dealkylation sites (tertiary alicyclic amines) is 1. The lowest BCUT2D eigenvalue weighted by atomic mass is 9.97. The van der Waals surface area contributed by atoms with E-state index in [0.717, 1.165) is 42.1 Å². The lowest BCUT2D eigenvalue weighted by molar-refractivity contribution is -0.133. The molecule has 1 aromatic rings. The van der Waals surface area contributed by atoms with Gasteiger partial charge in [-0.3, -0.25) is 9.59 Å². The number of piperidine rings is 1. The molecule has 1 atom stereocenters. The number of carbonyl (C=O) groups excluding carboxylic acids is 2. The van der Waals surface area contributed by atoms with Gasteiger partial charge in [0.2, 0.25) is 11.8 Å². The first-order chi connectivity index (χ1) is 11.6. The molecule has 1 heterocycles. The fraction of sp³-hybridized carbons (Fsp3) is 0.556. The maximum atomic E-state index is 12.4. The van der Waals surface area contributed by atoms with Crippen molar-refractivity contribution < 1.29 is 9.59 Å². The number of benzene rings is 1. The summed E-state index contributed by atoms with van der Waals surface area (Å²) in [6.07, 6.45) is 2.70. The monoisotopic (exact) mass is 368 g/mol. The maximum Gasteiger partial charge on any atom is 0.232 e. The standard InChI is InChI=1S/C18H25ClN2O2S/c1-2-8-20-18(23)15-6-4-9-21(11-15)17(22)13-24-12-14-5-3-7-16(19)10-14/h3,5,7,10,15H,2,4,6,8-9,11-13H2,1H3,(H,20,23)/t15-/m1/s1. The summed E-state index contributed by atoms with van der Waals surface area (Å²) in [6, 6.07) is 7.70. The largest absolute Gasteiger partial charge is 0.356 e. The van der Waals surface area contributed by atoms with Gasteiger partial charge in [0.25, 0.3) is 0 Å². The fourth-order valence-corrected chi connectivity index (χ4v) is 3.87. The van der Waals surface area contributed by atoms with Crippen molar-refractivity contribution in [2.75, 3.05) is 25.4 Å². The van der Waals surface area contributed by atoms with Crippen LogP contribution in [0.15, 0.2) is 24.3 Å². The summed E-state index contributed by atoms with van der Waals surface area (Å²) >= 11 is 7.56. The highest BCUT2D eigenvalue weighted by molar-refractivity contribution is 7.99. The molecule has 0 aliphatic carbocycles. The Bertz CT molecular complexity index is 568. The van der Waals surface area contributed by atoms with Crippen LogP contribution in [0, 0.1) is 5.92 Å². The molecule has 1 N–H and O–H groups in total. The van der Waals surface area contributed by atoms with Crippen LogP contribution < -0.4 is 5.32 Å². The fourth-order valence-electron chi connectivity index (χ4n) is 2.78. The summed E-state index contributed by atoms with van der Waals surface area (Å²) in [5, 5.41) is 3.66. The Morgan fingerprint density at radius 3 is 3.00 bits per heavy atom. The molecule has 0 radical (unpaired) electrons. The molecule has 0 unspecified atom stereocenters. The second-order valence-electron chi connectivity index (χ2n) is 6.09. The van der Waals surface area contributed by atoms with E-state index in [1.165, 1.54) is 0 Å². The van der Waals surface area contributed by atoms with Gasteiger partial charge in [0, 0.05) is 30.4 Å². The molecule has 24 heavy (non-hydrogen) atoms. The van der Waals surface area contributed by atoms with Crippen molar-refractivity contribution in [3.05, 3.63) is 34.9 Å². The van der Waals surface area contributed by atoms with E-state index in [9.17, 15) is 9.59 Å². The molecule has 1 aliphatic rings. The van der Waals surface area contributed by atoms with E-state index in [1.54, 1.807) is 11.8 Å². The predicted molar refractivity (Wildman–Crippen MR) is 100 cm³/mol. The molecule has 6 heteroatoms. The van der Waals surface area contributed by atoms with Gasteiger partial charge in [0.05, 0.1) is 11.7 Å². The Balaban J connectivity index is 1.76. The van der Waals surface area contributed by atoms with Crippen LogP contribution >= 0.6 is 23.4 Å². The summed E-state index contributed by atoms with van der Waals surface area (Å²) in [5.41, 5.74) is 1.12. The molecule has 0 saturated carbocycles. The number of hydrogen-bond acceptors (Lipinski definition) is 3. The number of hydrogen-bond donors (Lipinski definition) is 1. The lowest BCUT2D eigenvalue weighted by Crippen LogP contribution is -2.46. The molecule has 4 nitrogen and oxygen atoms in total. The average molecular weight is 369 g/mol. The summed E-state index contributed by atoms with van der Waals surface area (Å²) in [5.74, 6) is 1.35. The van der Waals surface area contributed by atoms with Gasteiger partial charge in [-0.1, -0.05) is 30.7 Å². The molecule has 1 fully saturated rings. The van der Waals surface area contributed by atoms with Gasteiger partial charge in [-0.2, -0.15) is 0 Å². The van der Waals surface area contributed by atoms with E-state index >= 15 is 0 Å². The molecule has 0 bridgehead atoms. The van der Waals surface area contributed by atoms with Crippen LogP contribution in [0.3, 0.4) is 0 Å². The highest BCUT2D eigenvalue weighted by Crippen LogP contribution is 2.20. The number of nitrogens with zero attached hydrogens (tertiary/aromatic N) is 1. The summed E-state index contributed by atoms with van der Waals surface area (Å²) in [6.45, 7) is 4.05. The predicted octanol–water partition coefficient (Wildman–Crippen LogP) is 3.34. The second kappa shape index (κ2) is 9.94. The first-order valence-electron chi connectivity index (χ1n) is 8.47. The molecule has 1 aliphatic heterocycles. The van der Waals surface area contributed by atoms with Crippen LogP contribution in [0.25, 0.3) is 0 Å². The minimum absolute atomic E-state index is 0.0628. The van der Waals surface area contributed by atoms with Gasteiger partial charge in [-0.25, -0.2) is 0 Å². The Kier molecular flexibility index (Phi) is 7.92. The van der Waals surface area contributed by atoms with E-state index in [1.807, 2.05) is 36.1 Å². The Hall–Kier alpha value is -1.20. The van der Waals surface area contributed by atoms with E-state index in [-0.39, 0.29) is 17.7 Å². The molecule has 2 rings (SSSR count). The molecule has 1 aromatic carbocycles. The number of amides is 2. The minimum Gasteiger partial charge on any atom is -0.356 e. The van der Waals surface area contributed by atoms with Gasteiger partial charge in [0.1, 0.15) is 0 Å². The minimum atomic E-state index is -0.0628. The van der Waals surface area contributed by atoms with E-state index < -0.39 is 0 Å². The first-order valence-corrected chi connectivity index (χ1v) is 10.0. The van der Waals surface area contributed by atoms with Gasteiger partial charge in [0.15, 0.2) is 0 Å². The zero-order valence-electron chi connectivity index (χ0n) is 14.1. The van der Waals surface area contributed by atoms with Crippen molar-refractivity contribution in [3.63, 3.8) is 0 Å². The molecular weight excluding hydrogens is 344 g/mol. The smallest absolute Gasteiger partial charge is 0.232 e. The van der Waals surface area contributed by atoms with E-state index in [4.69, 9.17) is 11.6 Å². The van der Waals surface area contributed by atoms with Gasteiger partial charge in [-0.05, 0) is 37.0 Å². The topological polar surface area (TPSA) is 49.4 Å². The molecule has 0 aromatic heterocycles. The highest BCUT2D eigenvalue weighted by Gasteiger charge is 2.27. The van der Waals surface area contributed by atoms with Gasteiger partial charge in [-0.15, -0.1) is 11.8 Å². The highest BCUT2D eigenvalue weighted by atomic mass is 35.5. The molecule has 132 valence electrons. The SMILES string of the molecule is CCCNC(=O)[C@@H]1CCCN(C(=O)CSCc2cccc(Cl)c2)C1. The third-order valence-electron chi connectivity index (χ3n) is 4.08. The summed E-state index contributed by atoms with van der Waals surface area (Å²) in [4.78, 5) is 26.3. The Labute approximate surface area is 153 Å². The second-order valence-corrected chi connectivity index (χ2v) is 7.51. The summed E-state index contributed by atoms with van der Waals surface area (Å²) in [7, 11) is 0. The Morgan fingerprint density at radius 1 is 1.42 bits per heavy atom. The number of nitrogens with one attached hydrogen (secondary N) is 1. The first kappa shape index (κ1) is 19.1. The van der Waals surface area contributed by atoms with Crippen molar-refractivity contribution in [1.29, 1.82) is 0 Å². The maximum absolute atomic E-state index is 12.4. The number of halogens is 1. The van der Waals surface area contributed by atoms with Crippen LogP contribution in [0.1, 0.15) is 31.7 Å². The van der Waals surface area contributed by atoms with Crippen molar-refractivity contribution in [1.82, 2.24) is 10.2 Å². The number of thioether (sulfide) groups is 1. The van der Waals surface area contributed by atoms with Gasteiger partial charge >= 0.3 is 0 Å². The summed E-state index contributed by atoms with van der Waals surface area (Å²) < 4.78 is 0. The average Bonchev–Trinajstić information content (AvgIpc) is 2.59. The van der Waals surface area contributed by atoms with Crippen molar-refractivity contribution in [2.24, 2.45) is 5.92 Å². The third-order valence-corrected chi connectivity index (χ3v) is 5.30. The molecule has 0 spiro atoms. The van der Waals surface area contributed by atoms with E-state index in [0.29, 0.717) is 18.8 Å². The zero-order chi connectivity index (χ0) is 17.4. The van der Waals surface area contributed by atoms with Crippen molar-refractivity contribution in [3.8, 4) is 0 Å². The zero-order valence-corrected chi connectivity index (χ0v) is 15.7. The number of rotatable bonds is 7. The lowest BCUT2D eigenvalue weighted by Gasteiger charge is -2.32. The van der Waals surface area contributed by atoms with Crippen LogP contribution in [0.2, 0.25) is 5.02 Å². The van der Waals surface area contributed by atoms with Crippen LogP contribution in [-0.4, -0.2) is 42.1 Å². The van der Waals surface area contributed by atoms with Crippen LogP contribution in [-0.2, 0) is 15.3 Å². The van der Waals surface area contributed by atoms with Crippen LogP contribution in [0.5, 0.6) is 0 Å². The molecule has 1 saturated heterocycles.